The average Bonchev–Trinajstić information content (AvgIpc) is 2.62. The van der Waals surface area contributed by atoms with E-state index in [0.29, 0.717) is 0 Å². The first-order valence-corrected chi connectivity index (χ1v) is 8.49. The van der Waals surface area contributed by atoms with Crippen LogP contribution in [0.15, 0.2) is 55.0 Å². The summed E-state index contributed by atoms with van der Waals surface area (Å²) >= 11 is 6.19. The summed E-state index contributed by atoms with van der Waals surface area (Å²) in [6.07, 6.45) is 9.01. The molecule has 1 aromatic carbocycles. The van der Waals surface area contributed by atoms with Crippen molar-refractivity contribution in [3.8, 4) is 0 Å². The third-order valence-corrected chi connectivity index (χ3v) is 4.85. The van der Waals surface area contributed by atoms with Crippen LogP contribution in [0.25, 0.3) is 16.5 Å². The molecule has 0 bridgehead atoms. The van der Waals surface area contributed by atoms with E-state index < -0.39 is 0 Å². The van der Waals surface area contributed by atoms with Crippen LogP contribution in [0.1, 0.15) is 17.5 Å². The molecule has 120 valence electrons. The van der Waals surface area contributed by atoms with Crippen LogP contribution >= 0.6 is 11.6 Å². The zero-order valence-electron chi connectivity index (χ0n) is 13.5. The van der Waals surface area contributed by atoms with Gasteiger partial charge in [0, 0.05) is 47.8 Å². The minimum atomic E-state index is 0.746. The van der Waals surface area contributed by atoms with Gasteiger partial charge in [-0.05, 0) is 60.4 Å². The number of aryl methyl sites for hydroxylation is 1. The monoisotopic (exact) mass is 335 g/mol. The van der Waals surface area contributed by atoms with E-state index in [4.69, 9.17) is 11.6 Å². The second kappa shape index (κ2) is 6.25. The Kier molecular flexibility index (Phi) is 3.95. The van der Waals surface area contributed by atoms with Crippen molar-refractivity contribution in [2.24, 2.45) is 0 Å². The summed E-state index contributed by atoms with van der Waals surface area (Å²) in [5.41, 5.74) is 6.11. The van der Waals surface area contributed by atoms with Gasteiger partial charge in [-0.3, -0.25) is 9.97 Å². The Balaban J connectivity index is 1.67. The van der Waals surface area contributed by atoms with E-state index in [1.54, 1.807) is 0 Å². The summed E-state index contributed by atoms with van der Waals surface area (Å²) in [5.74, 6) is 0. The molecule has 3 nitrogen and oxygen atoms in total. The molecule has 0 aliphatic carbocycles. The topological polar surface area (TPSA) is 29.0 Å². The lowest BCUT2D eigenvalue weighted by atomic mass is 9.97. The maximum Gasteiger partial charge on any atom is 0.0723 e. The van der Waals surface area contributed by atoms with E-state index in [-0.39, 0.29) is 0 Å². The van der Waals surface area contributed by atoms with Gasteiger partial charge in [0.1, 0.15) is 0 Å². The van der Waals surface area contributed by atoms with Gasteiger partial charge in [0.05, 0.1) is 5.52 Å². The zero-order valence-corrected chi connectivity index (χ0v) is 14.3. The van der Waals surface area contributed by atoms with E-state index in [1.807, 2.05) is 36.8 Å². The Morgan fingerprint density at radius 2 is 2.04 bits per heavy atom. The Morgan fingerprint density at radius 1 is 1.12 bits per heavy atom. The quantitative estimate of drug-likeness (QED) is 0.668. The molecule has 1 aliphatic rings. The minimum absolute atomic E-state index is 0.746. The van der Waals surface area contributed by atoms with Gasteiger partial charge in [-0.25, -0.2) is 0 Å². The third kappa shape index (κ3) is 2.76. The van der Waals surface area contributed by atoms with Crippen molar-refractivity contribution < 1.29 is 0 Å². The smallest absolute Gasteiger partial charge is 0.0723 e. The standard InChI is InChI=1S/C20H18ClN3/c1-14-4-8-22-13-18(14)15-6-10-24(11-7-15)20-5-9-23-19-3-2-16(21)12-17(19)20/h2-6,8-9,12-13H,7,10-11H2,1H3. The number of aromatic nitrogens is 2. The van der Waals surface area contributed by atoms with Crippen molar-refractivity contribution in [3.05, 3.63) is 71.1 Å². The van der Waals surface area contributed by atoms with E-state index in [9.17, 15) is 0 Å². The third-order valence-electron chi connectivity index (χ3n) is 4.62. The van der Waals surface area contributed by atoms with E-state index in [1.165, 1.54) is 22.4 Å². The number of benzene rings is 1. The first kappa shape index (κ1) is 15.2. The molecule has 2 aromatic heterocycles. The normalized spacial score (nSPS) is 14.8. The first-order valence-electron chi connectivity index (χ1n) is 8.11. The van der Waals surface area contributed by atoms with Crippen LogP contribution in [0.2, 0.25) is 5.02 Å². The van der Waals surface area contributed by atoms with Gasteiger partial charge in [-0.2, -0.15) is 0 Å². The molecule has 0 atom stereocenters. The number of anilines is 1. The number of halogens is 1. The summed E-state index contributed by atoms with van der Waals surface area (Å²) < 4.78 is 0. The maximum atomic E-state index is 6.19. The molecular formula is C20H18ClN3. The summed E-state index contributed by atoms with van der Waals surface area (Å²) in [6, 6.07) is 10.0. The number of rotatable bonds is 2. The van der Waals surface area contributed by atoms with Crippen LogP contribution in [-0.2, 0) is 0 Å². The van der Waals surface area contributed by atoms with Gasteiger partial charge >= 0.3 is 0 Å². The number of nitrogens with zero attached hydrogens (tertiary/aromatic N) is 3. The Morgan fingerprint density at radius 3 is 2.83 bits per heavy atom. The zero-order chi connectivity index (χ0) is 16.5. The predicted molar refractivity (Wildman–Crippen MR) is 101 cm³/mol. The fourth-order valence-corrected chi connectivity index (χ4v) is 3.48. The van der Waals surface area contributed by atoms with E-state index >= 15 is 0 Å². The molecular weight excluding hydrogens is 318 g/mol. The molecule has 0 spiro atoms. The lowest BCUT2D eigenvalue weighted by molar-refractivity contribution is 0.834. The summed E-state index contributed by atoms with van der Waals surface area (Å²) in [7, 11) is 0. The van der Waals surface area contributed by atoms with Crippen molar-refractivity contribution in [3.63, 3.8) is 0 Å². The fourth-order valence-electron chi connectivity index (χ4n) is 3.31. The van der Waals surface area contributed by atoms with Gasteiger partial charge in [0.2, 0.25) is 0 Å². The number of pyridine rings is 2. The molecule has 3 heterocycles. The van der Waals surface area contributed by atoms with Crippen molar-refractivity contribution in [1.82, 2.24) is 9.97 Å². The largest absolute Gasteiger partial charge is 0.367 e. The van der Waals surface area contributed by atoms with Crippen LogP contribution in [0.4, 0.5) is 5.69 Å². The van der Waals surface area contributed by atoms with Crippen molar-refractivity contribution in [2.75, 3.05) is 18.0 Å². The molecule has 0 unspecified atom stereocenters. The predicted octanol–water partition coefficient (Wildman–Crippen LogP) is 4.89. The Hall–Kier alpha value is -2.39. The Labute approximate surface area is 146 Å². The molecule has 0 amide bonds. The maximum absolute atomic E-state index is 6.19. The SMILES string of the molecule is Cc1ccncc1C1=CCN(c2ccnc3ccc(Cl)cc23)CC1. The van der Waals surface area contributed by atoms with Crippen LogP contribution in [0.3, 0.4) is 0 Å². The fraction of sp³-hybridized carbons (Fsp3) is 0.200. The second-order valence-electron chi connectivity index (χ2n) is 6.11. The molecule has 1 aliphatic heterocycles. The number of hydrogen-bond acceptors (Lipinski definition) is 3. The molecule has 0 fully saturated rings. The molecule has 24 heavy (non-hydrogen) atoms. The Bertz CT molecular complexity index is 933. The van der Waals surface area contributed by atoms with Gasteiger partial charge < -0.3 is 4.90 Å². The lowest BCUT2D eigenvalue weighted by Crippen LogP contribution is -2.28. The molecule has 0 saturated heterocycles. The first-order chi connectivity index (χ1) is 11.7. The molecule has 0 saturated carbocycles. The molecule has 4 rings (SSSR count). The highest BCUT2D eigenvalue weighted by Crippen LogP contribution is 2.31. The second-order valence-corrected chi connectivity index (χ2v) is 6.54. The highest BCUT2D eigenvalue weighted by molar-refractivity contribution is 6.31. The number of hydrogen-bond donors (Lipinski definition) is 0. The average molecular weight is 336 g/mol. The van der Waals surface area contributed by atoms with Crippen LogP contribution in [-0.4, -0.2) is 23.1 Å². The molecule has 4 heteroatoms. The minimum Gasteiger partial charge on any atom is -0.367 e. The summed E-state index contributed by atoms with van der Waals surface area (Å²) in [6.45, 7) is 4.00. The van der Waals surface area contributed by atoms with Crippen LogP contribution in [0, 0.1) is 6.92 Å². The highest BCUT2D eigenvalue weighted by Gasteiger charge is 2.16. The van der Waals surface area contributed by atoms with Crippen molar-refractivity contribution in [2.45, 2.75) is 13.3 Å². The summed E-state index contributed by atoms with van der Waals surface area (Å²) in [5, 5.41) is 1.86. The van der Waals surface area contributed by atoms with Gasteiger partial charge in [-0.15, -0.1) is 0 Å². The lowest BCUT2D eigenvalue weighted by Gasteiger charge is -2.29. The van der Waals surface area contributed by atoms with Crippen molar-refractivity contribution >= 4 is 33.8 Å². The molecule has 0 radical (unpaired) electrons. The van der Waals surface area contributed by atoms with Gasteiger partial charge in [-0.1, -0.05) is 17.7 Å². The van der Waals surface area contributed by atoms with Crippen molar-refractivity contribution in [1.29, 1.82) is 0 Å². The van der Waals surface area contributed by atoms with Crippen LogP contribution < -0.4 is 4.90 Å². The molecule has 0 N–H and O–H groups in total. The molecule has 3 aromatic rings. The van der Waals surface area contributed by atoms with E-state index in [2.05, 4.69) is 40.0 Å². The highest BCUT2D eigenvalue weighted by atomic mass is 35.5. The van der Waals surface area contributed by atoms with E-state index in [0.717, 1.165) is 35.4 Å². The van der Waals surface area contributed by atoms with Gasteiger partial charge in [0.25, 0.3) is 0 Å². The summed E-state index contributed by atoms with van der Waals surface area (Å²) in [4.78, 5) is 11.1. The van der Waals surface area contributed by atoms with Gasteiger partial charge in [0.15, 0.2) is 0 Å². The van der Waals surface area contributed by atoms with Crippen LogP contribution in [0.5, 0.6) is 0 Å². The number of fused-ring (bicyclic) bond motifs is 1.